The van der Waals surface area contributed by atoms with Crippen LogP contribution in [0.1, 0.15) is 27.8 Å². The lowest BCUT2D eigenvalue weighted by Crippen LogP contribution is -2.24. The van der Waals surface area contributed by atoms with Crippen molar-refractivity contribution in [3.63, 3.8) is 0 Å². The molecule has 0 atom stereocenters. The van der Waals surface area contributed by atoms with Gasteiger partial charge >= 0.3 is 0 Å². The summed E-state index contributed by atoms with van der Waals surface area (Å²) in [6.45, 7) is 5.32. The molecule has 23 heavy (non-hydrogen) atoms. The van der Waals surface area contributed by atoms with Crippen LogP contribution in [0.25, 0.3) is 0 Å². The highest BCUT2D eigenvalue weighted by atomic mass is 16.5. The van der Waals surface area contributed by atoms with Gasteiger partial charge in [-0.05, 0) is 41.7 Å². The van der Waals surface area contributed by atoms with E-state index in [0.29, 0.717) is 19.6 Å². The Morgan fingerprint density at radius 3 is 2.09 bits per heavy atom. The summed E-state index contributed by atoms with van der Waals surface area (Å²) in [4.78, 5) is 13.6. The third-order valence-electron chi connectivity index (χ3n) is 3.96. The zero-order chi connectivity index (χ0) is 16.8. The second kappa shape index (κ2) is 7.93. The highest BCUT2D eigenvalue weighted by Crippen LogP contribution is 2.19. The van der Waals surface area contributed by atoms with Crippen LogP contribution in [0.2, 0.25) is 0 Å². The predicted molar refractivity (Wildman–Crippen MR) is 93.2 cm³/mol. The Bertz CT molecular complexity index is 640. The number of likely N-dealkylation sites (N-methyl/N-ethyl adjacent to an activating group) is 1. The molecule has 2 aromatic rings. The van der Waals surface area contributed by atoms with Gasteiger partial charge in [0.1, 0.15) is 0 Å². The van der Waals surface area contributed by atoms with Crippen molar-refractivity contribution in [3.8, 4) is 0 Å². The number of amides is 1. The van der Waals surface area contributed by atoms with E-state index < -0.39 is 0 Å². The minimum absolute atomic E-state index is 0.129. The third-order valence-corrected chi connectivity index (χ3v) is 3.96. The third kappa shape index (κ3) is 4.93. The van der Waals surface area contributed by atoms with Gasteiger partial charge in [-0.2, -0.15) is 0 Å². The molecule has 0 saturated carbocycles. The molecular weight excluding hydrogens is 286 g/mol. The molecule has 0 aliphatic carbocycles. The first-order chi connectivity index (χ1) is 11.0. The van der Waals surface area contributed by atoms with E-state index in [0.717, 1.165) is 22.3 Å². The molecule has 1 amide bonds. The van der Waals surface area contributed by atoms with Crippen LogP contribution in [0.15, 0.2) is 42.5 Å². The lowest BCUT2D eigenvalue weighted by molar-refractivity contribution is -0.127. The standard InChI is InChI=1S/C20H25NO2/c1-15-10-18(14-23-13-17-8-6-5-7-9-17)11-16(2)19(15)12-20(22)21(3)4/h5-11H,12-14H2,1-4H3. The fourth-order valence-electron chi connectivity index (χ4n) is 2.62. The lowest BCUT2D eigenvalue weighted by atomic mass is 9.96. The minimum atomic E-state index is 0.129. The van der Waals surface area contributed by atoms with Crippen molar-refractivity contribution in [2.75, 3.05) is 14.1 Å². The van der Waals surface area contributed by atoms with Crippen LogP contribution >= 0.6 is 0 Å². The van der Waals surface area contributed by atoms with Gasteiger partial charge < -0.3 is 9.64 Å². The van der Waals surface area contributed by atoms with E-state index in [-0.39, 0.29) is 5.91 Å². The number of hydrogen-bond donors (Lipinski definition) is 0. The molecule has 122 valence electrons. The molecule has 0 aliphatic rings. The van der Waals surface area contributed by atoms with Crippen LogP contribution in [0.3, 0.4) is 0 Å². The van der Waals surface area contributed by atoms with E-state index in [4.69, 9.17) is 4.74 Å². The van der Waals surface area contributed by atoms with Gasteiger partial charge in [0.15, 0.2) is 0 Å². The normalized spacial score (nSPS) is 10.6. The number of ether oxygens (including phenoxy) is 1. The summed E-state index contributed by atoms with van der Waals surface area (Å²) in [6.07, 6.45) is 0.454. The van der Waals surface area contributed by atoms with Crippen molar-refractivity contribution in [1.29, 1.82) is 0 Å². The van der Waals surface area contributed by atoms with Gasteiger partial charge in [-0.15, -0.1) is 0 Å². The van der Waals surface area contributed by atoms with Crippen LogP contribution < -0.4 is 0 Å². The van der Waals surface area contributed by atoms with Gasteiger partial charge in [0.05, 0.1) is 19.6 Å². The molecule has 0 bridgehead atoms. The molecule has 0 fully saturated rings. The second-order valence-electron chi connectivity index (χ2n) is 6.15. The molecule has 2 aromatic carbocycles. The van der Waals surface area contributed by atoms with E-state index in [1.807, 2.05) is 18.2 Å². The smallest absolute Gasteiger partial charge is 0.226 e. The lowest BCUT2D eigenvalue weighted by Gasteiger charge is -2.15. The molecule has 0 heterocycles. The first-order valence-corrected chi connectivity index (χ1v) is 7.88. The van der Waals surface area contributed by atoms with Crippen molar-refractivity contribution in [3.05, 3.63) is 70.3 Å². The number of carbonyl (C=O) groups is 1. The summed E-state index contributed by atoms with van der Waals surface area (Å²) in [7, 11) is 3.58. The zero-order valence-corrected chi connectivity index (χ0v) is 14.4. The van der Waals surface area contributed by atoms with E-state index >= 15 is 0 Å². The van der Waals surface area contributed by atoms with E-state index in [2.05, 4.69) is 38.1 Å². The summed E-state index contributed by atoms with van der Waals surface area (Å²) in [5.41, 5.74) is 5.75. The number of aryl methyl sites for hydroxylation is 2. The van der Waals surface area contributed by atoms with Gasteiger partial charge in [-0.25, -0.2) is 0 Å². The van der Waals surface area contributed by atoms with Crippen LogP contribution in [0, 0.1) is 13.8 Å². The quantitative estimate of drug-likeness (QED) is 0.815. The number of rotatable bonds is 6. The summed E-state index contributed by atoms with van der Waals surface area (Å²) >= 11 is 0. The maximum atomic E-state index is 11.9. The van der Waals surface area contributed by atoms with Crippen molar-refractivity contribution < 1.29 is 9.53 Å². The summed E-state index contributed by atoms with van der Waals surface area (Å²) in [5, 5.41) is 0. The van der Waals surface area contributed by atoms with E-state index in [1.165, 1.54) is 5.56 Å². The van der Waals surface area contributed by atoms with Crippen molar-refractivity contribution in [2.24, 2.45) is 0 Å². The zero-order valence-electron chi connectivity index (χ0n) is 14.4. The van der Waals surface area contributed by atoms with Crippen molar-refractivity contribution in [1.82, 2.24) is 4.90 Å². The van der Waals surface area contributed by atoms with Crippen molar-refractivity contribution in [2.45, 2.75) is 33.5 Å². The SMILES string of the molecule is Cc1cc(COCc2ccccc2)cc(C)c1CC(=O)N(C)C. The first-order valence-electron chi connectivity index (χ1n) is 7.88. The largest absolute Gasteiger partial charge is 0.372 e. The number of benzene rings is 2. The Kier molecular flexibility index (Phi) is 5.94. The summed E-state index contributed by atoms with van der Waals surface area (Å²) < 4.78 is 5.80. The molecule has 0 radical (unpaired) electrons. The second-order valence-corrected chi connectivity index (χ2v) is 6.15. The maximum Gasteiger partial charge on any atom is 0.226 e. The first kappa shape index (κ1) is 17.2. The molecule has 0 N–H and O–H groups in total. The Morgan fingerprint density at radius 2 is 1.52 bits per heavy atom. The molecule has 3 nitrogen and oxygen atoms in total. The maximum absolute atomic E-state index is 11.9. The fourth-order valence-corrected chi connectivity index (χ4v) is 2.62. The minimum Gasteiger partial charge on any atom is -0.372 e. The summed E-state index contributed by atoms with van der Waals surface area (Å²) in [6, 6.07) is 14.4. The Balaban J connectivity index is 2.00. The van der Waals surface area contributed by atoms with E-state index in [1.54, 1.807) is 19.0 Å². The van der Waals surface area contributed by atoms with Gasteiger partial charge in [0, 0.05) is 14.1 Å². The topological polar surface area (TPSA) is 29.5 Å². The number of carbonyl (C=O) groups excluding carboxylic acids is 1. The summed E-state index contributed by atoms with van der Waals surface area (Å²) in [5.74, 6) is 0.129. The van der Waals surface area contributed by atoms with Crippen LogP contribution in [0.4, 0.5) is 0 Å². The monoisotopic (exact) mass is 311 g/mol. The van der Waals surface area contributed by atoms with Crippen LogP contribution in [-0.2, 0) is 29.2 Å². The van der Waals surface area contributed by atoms with E-state index in [9.17, 15) is 4.79 Å². The number of nitrogens with zero attached hydrogens (tertiary/aromatic N) is 1. The Morgan fingerprint density at radius 1 is 0.957 bits per heavy atom. The van der Waals surface area contributed by atoms with Gasteiger partial charge in [-0.1, -0.05) is 42.5 Å². The molecular formula is C20H25NO2. The molecule has 3 heteroatoms. The molecule has 0 saturated heterocycles. The molecule has 0 aromatic heterocycles. The average Bonchev–Trinajstić information content (AvgIpc) is 2.51. The van der Waals surface area contributed by atoms with Gasteiger partial charge in [0.2, 0.25) is 5.91 Å². The molecule has 0 spiro atoms. The highest BCUT2D eigenvalue weighted by Gasteiger charge is 2.11. The average molecular weight is 311 g/mol. The highest BCUT2D eigenvalue weighted by molar-refractivity contribution is 5.79. The van der Waals surface area contributed by atoms with Gasteiger partial charge in [-0.3, -0.25) is 4.79 Å². The fraction of sp³-hybridized carbons (Fsp3) is 0.350. The van der Waals surface area contributed by atoms with Crippen molar-refractivity contribution >= 4 is 5.91 Å². The molecule has 0 unspecified atom stereocenters. The predicted octanol–water partition coefficient (Wildman–Crippen LogP) is 3.65. The Labute approximate surface area is 138 Å². The van der Waals surface area contributed by atoms with Crippen LogP contribution in [-0.4, -0.2) is 24.9 Å². The molecule has 0 aliphatic heterocycles. The number of hydrogen-bond acceptors (Lipinski definition) is 2. The molecule has 2 rings (SSSR count). The van der Waals surface area contributed by atoms with Gasteiger partial charge in [0.25, 0.3) is 0 Å². The Hall–Kier alpha value is -2.13. The van der Waals surface area contributed by atoms with Crippen LogP contribution in [0.5, 0.6) is 0 Å².